The molecule has 0 aliphatic heterocycles. The number of aromatic nitrogens is 3. The second-order valence-corrected chi connectivity index (χ2v) is 5.45. The minimum absolute atomic E-state index is 0.276. The molecule has 0 amide bonds. The van der Waals surface area contributed by atoms with Gasteiger partial charge in [-0.1, -0.05) is 12.1 Å². The van der Waals surface area contributed by atoms with Crippen molar-refractivity contribution in [3.63, 3.8) is 0 Å². The Labute approximate surface area is 110 Å². The molecule has 0 aliphatic rings. The summed E-state index contributed by atoms with van der Waals surface area (Å²) in [6, 6.07) is 6.02. The van der Waals surface area contributed by atoms with Crippen LogP contribution in [0.3, 0.4) is 0 Å². The first-order chi connectivity index (χ1) is 8.91. The van der Waals surface area contributed by atoms with Crippen LogP contribution < -0.4 is 5.14 Å². The molecule has 2 rings (SSSR count). The van der Waals surface area contributed by atoms with Crippen LogP contribution in [0.1, 0.15) is 18.3 Å². The van der Waals surface area contributed by atoms with Crippen molar-refractivity contribution >= 4 is 10.0 Å². The molecule has 1 aromatic heterocycles. The smallest absolute Gasteiger partial charge is 0.273 e. The molecule has 8 heteroatoms. The SMILES string of the molecule is CCn1c(Cc2cccc(F)c2)nnc1S(N)(=O)=O. The van der Waals surface area contributed by atoms with E-state index in [1.807, 2.05) is 0 Å². The van der Waals surface area contributed by atoms with Crippen molar-refractivity contribution in [2.45, 2.75) is 25.0 Å². The number of hydrogen-bond donors (Lipinski definition) is 1. The van der Waals surface area contributed by atoms with Gasteiger partial charge in [-0.15, -0.1) is 10.2 Å². The normalized spacial score (nSPS) is 11.7. The summed E-state index contributed by atoms with van der Waals surface area (Å²) in [5.41, 5.74) is 0.683. The molecule has 2 N–H and O–H groups in total. The van der Waals surface area contributed by atoms with Crippen LogP contribution in [0.15, 0.2) is 29.4 Å². The first kappa shape index (κ1) is 13.6. The Morgan fingerprint density at radius 3 is 2.68 bits per heavy atom. The Morgan fingerprint density at radius 1 is 1.37 bits per heavy atom. The first-order valence-electron chi connectivity index (χ1n) is 5.61. The summed E-state index contributed by atoms with van der Waals surface area (Å²) in [6.45, 7) is 2.12. The highest BCUT2D eigenvalue weighted by atomic mass is 32.2. The van der Waals surface area contributed by atoms with E-state index < -0.39 is 10.0 Å². The van der Waals surface area contributed by atoms with Crippen LogP contribution in [0.5, 0.6) is 0 Å². The van der Waals surface area contributed by atoms with E-state index in [9.17, 15) is 12.8 Å². The van der Waals surface area contributed by atoms with E-state index in [0.717, 1.165) is 0 Å². The van der Waals surface area contributed by atoms with Gasteiger partial charge in [-0.2, -0.15) is 0 Å². The second kappa shape index (κ2) is 5.06. The lowest BCUT2D eigenvalue weighted by atomic mass is 10.1. The predicted octanol–water partition coefficient (Wildman–Crippen LogP) is 0.675. The summed E-state index contributed by atoms with van der Waals surface area (Å²) < 4.78 is 37.1. The van der Waals surface area contributed by atoms with Gasteiger partial charge in [0, 0.05) is 13.0 Å². The standard InChI is InChI=1S/C11H13FN4O2S/c1-2-16-10(14-15-11(16)19(13,17)18)7-8-4-3-5-9(12)6-8/h3-6H,2,7H2,1H3,(H2,13,17,18). The minimum atomic E-state index is -3.91. The Bertz CT molecular complexity index is 696. The van der Waals surface area contributed by atoms with E-state index in [2.05, 4.69) is 10.2 Å². The van der Waals surface area contributed by atoms with Gasteiger partial charge in [-0.3, -0.25) is 0 Å². The van der Waals surface area contributed by atoms with E-state index in [-0.39, 0.29) is 17.4 Å². The van der Waals surface area contributed by atoms with Gasteiger partial charge in [0.25, 0.3) is 15.2 Å². The average Bonchev–Trinajstić information content (AvgIpc) is 2.71. The maximum Gasteiger partial charge on any atom is 0.273 e. The molecule has 1 aromatic carbocycles. The minimum Gasteiger partial charge on any atom is -0.301 e. The fourth-order valence-electron chi connectivity index (χ4n) is 1.81. The summed E-state index contributed by atoms with van der Waals surface area (Å²) in [6.07, 6.45) is 0.286. The fourth-order valence-corrected chi connectivity index (χ4v) is 2.50. The Kier molecular flexibility index (Phi) is 3.63. The molecular formula is C11H13FN4O2S. The van der Waals surface area contributed by atoms with E-state index in [4.69, 9.17) is 5.14 Å². The van der Waals surface area contributed by atoms with Crippen LogP contribution in [0.2, 0.25) is 0 Å². The van der Waals surface area contributed by atoms with Gasteiger partial charge in [-0.05, 0) is 24.6 Å². The highest BCUT2D eigenvalue weighted by Crippen LogP contribution is 2.13. The first-order valence-corrected chi connectivity index (χ1v) is 7.15. The molecule has 0 unspecified atom stereocenters. The van der Waals surface area contributed by atoms with Crippen LogP contribution in [0.25, 0.3) is 0 Å². The third-order valence-corrected chi connectivity index (χ3v) is 3.43. The summed E-state index contributed by atoms with van der Waals surface area (Å²) in [5.74, 6) is 0.0730. The van der Waals surface area contributed by atoms with Crippen molar-refractivity contribution in [2.75, 3.05) is 0 Å². The van der Waals surface area contributed by atoms with Gasteiger partial charge in [-0.25, -0.2) is 17.9 Å². The third-order valence-electron chi connectivity index (χ3n) is 2.62. The van der Waals surface area contributed by atoms with Crippen LogP contribution in [-0.2, 0) is 23.0 Å². The lowest BCUT2D eigenvalue weighted by Gasteiger charge is -2.06. The van der Waals surface area contributed by atoms with Gasteiger partial charge in [0.15, 0.2) is 0 Å². The average molecular weight is 284 g/mol. The number of benzene rings is 1. The molecular weight excluding hydrogens is 271 g/mol. The molecule has 0 saturated carbocycles. The van der Waals surface area contributed by atoms with Gasteiger partial charge >= 0.3 is 0 Å². The van der Waals surface area contributed by atoms with Crippen molar-refractivity contribution < 1.29 is 12.8 Å². The van der Waals surface area contributed by atoms with Crippen LogP contribution in [0, 0.1) is 5.82 Å². The lowest BCUT2D eigenvalue weighted by Crippen LogP contribution is -2.19. The lowest BCUT2D eigenvalue weighted by molar-refractivity contribution is 0.565. The topological polar surface area (TPSA) is 90.9 Å². The zero-order chi connectivity index (χ0) is 14.0. The number of nitrogens with zero attached hydrogens (tertiary/aromatic N) is 3. The Hall–Kier alpha value is -1.80. The van der Waals surface area contributed by atoms with Crippen LogP contribution in [0.4, 0.5) is 4.39 Å². The highest BCUT2D eigenvalue weighted by molar-refractivity contribution is 7.89. The van der Waals surface area contributed by atoms with Gasteiger partial charge < -0.3 is 4.57 Å². The number of sulfonamides is 1. The predicted molar refractivity (Wildman–Crippen MR) is 66.3 cm³/mol. The van der Waals surface area contributed by atoms with Crippen molar-refractivity contribution in [3.05, 3.63) is 41.5 Å². The van der Waals surface area contributed by atoms with Crippen molar-refractivity contribution in [1.82, 2.24) is 14.8 Å². The van der Waals surface area contributed by atoms with E-state index >= 15 is 0 Å². The molecule has 0 radical (unpaired) electrons. The zero-order valence-electron chi connectivity index (χ0n) is 10.2. The third kappa shape index (κ3) is 2.96. The maximum absolute atomic E-state index is 13.1. The van der Waals surface area contributed by atoms with Crippen LogP contribution in [-0.4, -0.2) is 23.2 Å². The maximum atomic E-state index is 13.1. The molecule has 102 valence electrons. The molecule has 1 heterocycles. The number of hydrogen-bond acceptors (Lipinski definition) is 4. The van der Waals surface area contributed by atoms with E-state index in [1.165, 1.54) is 16.7 Å². The monoisotopic (exact) mass is 284 g/mol. The molecule has 0 spiro atoms. The summed E-state index contributed by atoms with van der Waals surface area (Å²) in [7, 11) is -3.91. The van der Waals surface area contributed by atoms with Crippen molar-refractivity contribution in [3.8, 4) is 0 Å². The molecule has 0 saturated heterocycles. The van der Waals surface area contributed by atoms with Gasteiger partial charge in [0.2, 0.25) is 0 Å². The number of halogens is 1. The Morgan fingerprint density at radius 2 is 2.11 bits per heavy atom. The van der Waals surface area contributed by atoms with Gasteiger partial charge in [0.05, 0.1) is 0 Å². The van der Waals surface area contributed by atoms with Crippen LogP contribution >= 0.6 is 0 Å². The summed E-state index contributed by atoms with van der Waals surface area (Å²) >= 11 is 0. The molecule has 0 bridgehead atoms. The molecule has 6 nitrogen and oxygen atoms in total. The molecule has 0 fully saturated rings. The van der Waals surface area contributed by atoms with Gasteiger partial charge in [0.1, 0.15) is 11.6 Å². The largest absolute Gasteiger partial charge is 0.301 e. The van der Waals surface area contributed by atoms with Crippen molar-refractivity contribution in [1.29, 1.82) is 0 Å². The Balaban J connectivity index is 2.39. The molecule has 0 aliphatic carbocycles. The quantitative estimate of drug-likeness (QED) is 0.893. The summed E-state index contributed by atoms with van der Waals surface area (Å²) in [5, 5.41) is 12.2. The zero-order valence-corrected chi connectivity index (χ0v) is 11.1. The fraction of sp³-hybridized carbons (Fsp3) is 0.273. The molecule has 0 atom stereocenters. The second-order valence-electron chi connectivity index (χ2n) is 3.99. The number of nitrogens with two attached hydrogens (primary N) is 1. The number of primary sulfonamides is 1. The van der Waals surface area contributed by atoms with E-state index in [1.54, 1.807) is 19.1 Å². The number of rotatable bonds is 4. The van der Waals surface area contributed by atoms with Crippen molar-refractivity contribution in [2.24, 2.45) is 5.14 Å². The van der Waals surface area contributed by atoms with E-state index in [0.29, 0.717) is 17.9 Å². The molecule has 2 aromatic rings. The molecule has 19 heavy (non-hydrogen) atoms. The summed E-state index contributed by atoms with van der Waals surface area (Å²) in [4.78, 5) is 0. The highest BCUT2D eigenvalue weighted by Gasteiger charge is 2.20.